The number of rotatable bonds is 4. The fraction of sp³-hybridized carbons (Fsp3) is 0.182. The van der Waals surface area contributed by atoms with Crippen LogP contribution in [0.4, 0.5) is 0 Å². The Morgan fingerprint density at radius 3 is 2.07 bits per heavy atom. The molecule has 3 N–H and O–H groups in total. The Morgan fingerprint density at radius 1 is 0.857 bits per heavy atom. The number of fused-ring (bicyclic) bond motifs is 1. The number of hydrogen-bond donors (Lipinski definition) is 3. The van der Waals surface area contributed by atoms with Gasteiger partial charge in [0, 0.05) is 18.2 Å². The molecular formula is C22H21N3O3. The van der Waals surface area contributed by atoms with Crippen LogP contribution >= 0.6 is 0 Å². The third-order valence-electron chi connectivity index (χ3n) is 4.69. The van der Waals surface area contributed by atoms with Crippen molar-refractivity contribution in [2.24, 2.45) is 0 Å². The summed E-state index contributed by atoms with van der Waals surface area (Å²) in [6.45, 7) is 4.07. The average Bonchev–Trinajstić information content (AvgIpc) is 2.99. The molecule has 0 amide bonds. The lowest BCUT2D eigenvalue weighted by Crippen LogP contribution is -2.01. The van der Waals surface area contributed by atoms with Crippen LogP contribution in [0, 0.1) is 0 Å². The van der Waals surface area contributed by atoms with Gasteiger partial charge < -0.3 is 15.3 Å². The first kappa shape index (κ1) is 17.9. The molecule has 0 bridgehead atoms. The molecule has 2 heterocycles. The van der Waals surface area contributed by atoms with Crippen LogP contribution in [-0.2, 0) is 6.42 Å². The van der Waals surface area contributed by atoms with E-state index in [1.807, 2.05) is 26.0 Å². The monoisotopic (exact) mass is 375 g/mol. The highest BCUT2D eigenvalue weighted by Crippen LogP contribution is 2.30. The van der Waals surface area contributed by atoms with Gasteiger partial charge in [0.2, 0.25) is 5.88 Å². The van der Waals surface area contributed by atoms with E-state index in [-0.39, 0.29) is 23.3 Å². The van der Waals surface area contributed by atoms with Gasteiger partial charge in [-0.25, -0.2) is 9.97 Å². The summed E-state index contributed by atoms with van der Waals surface area (Å²) in [6, 6.07) is 13.7. The molecule has 0 aliphatic heterocycles. The van der Waals surface area contributed by atoms with Gasteiger partial charge in [-0.1, -0.05) is 26.0 Å². The zero-order valence-corrected chi connectivity index (χ0v) is 15.7. The first-order chi connectivity index (χ1) is 13.4. The molecular weight excluding hydrogens is 354 g/mol. The molecule has 0 saturated carbocycles. The van der Waals surface area contributed by atoms with Crippen LogP contribution < -0.4 is 0 Å². The molecule has 142 valence electrons. The molecule has 4 aromatic rings. The Bertz CT molecular complexity index is 1130. The number of imidazole rings is 1. The minimum atomic E-state index is 0.0763. The summed E-state index contributed by atoms with van der Waals surface area (Å²) in [5.41, 5.74) is 4.45. The lowest BCUT2D eigenvalue weighted by molar-refractivity contribution is 0.442. The zero-order valence-electron chi connectivity index (χ0n) is 15.7. The Labute approximate surface area is 162 Å². The van der Waals surface area contributed by atoms with Gasteiger partial charge in [0.1, 0.15) is 17.2 Å². The molecule has 0 aliphatic rings. The summed E-state index contributed by atoms with van der Waals surface area (Å²) in [4.78, 5) is 9.41. The highest BCUT2D eigenvalue weighted by atomic mass is 16.3. The van der Waals surface area contributed by atoms with Crippen molar-refractivity contribution in [1.29, 1.82) is 0 Å². The van der Waals surface area contributed by atoms with Crippen molar-refractivity contribution >= 4 is 5.65 Å². The number of aromatic nitrogens is 3. The summed E-state index contributed by atoms with van der Waals surface area (Å²) in [5.74, 6) is 0.582. The molecule has 2 aromatic carbocycles. The Balaban J connectivity index is 1.84. The lowest BCUT2D eigenvalue weighted by atomic mass is 10.1. The highest BCUT2D eigenvalue weighted by Gasteiger charge is 2.19. The van der Waals surface area contributed by atoms with Crippen molar-refractivity contribution in [2.45, 2.75) is 26.2 Å². The van der Waals surface area contributed by atoms with Gasteiger partial charge in [0.05, 0.1) is 11.4 Å². The maximum Gasteiger partial charge on any atom is 0.219 e. The Kier molecular flexibility index (Phi) is 4.39. The zero-order chi connectivity index (χ0) is 19.8. The molecule has 28 heavy (non-hydrogen) atoms. The second-order valence-electron chi connectivity index (χ2n) is 7.13. The first-order valence-corrected chi connectivity index (χ1v) is 9.10. The van der Waals surface area contributed by atoms with Gasteiger partial charge in [-0.2, -0.15) is 0 Å². The fourth-order valence-corrected chi connectivity index (χ4v) is 3.19. The number of benzene rings is 2. The van der Waals surface area contributed by atoms with E-state index in [0.717, 1.165) is 16.8 Å². The fourth-order valence-electron chi connectivity index (χ4n) is 3.19. The summed E-state index contributed by atoms with van der Waals surface area (Å²) >= 11 is 0. The van der Waals surface area contributed by atoms with Crippen LogP contribution in [0.2, 0.25) is 0 Å². The van der Waals surface area contributed by atoms with Gasteiger partial charge >= 0.3 is 0 Å². The van der Waals surface area contributed by atoms with Gasteiger partial charge in [-0.05, 0) is 47.9 Å². The quantitative estimate of drug-likeness (QED) is 0.497. The SMILES string of the molecule is CC(C)c1nc(-c2ccc(O)cc2)cn2c(O)c(Cc3ccc(O)cc3)nc12. The average molecular weight is 375 g/mol. The molecule has 0 fully saturated rings. The molecule has 6 heteroatoms. The summed E-state index contributed by atoms with van der Waals surface area (Å²) in [5, 5.41) is 29.8. The smallest absolute Gasteiger partial charge is 0.219 e. The van der Waals surface area contributed by atoms with Crippen LogP contribution in [0.25, 0.3) is 16.9 Å². The third kappa shape index (κ3) is 3.24. The second-order valence-corrected chi connectivity index (χ2v) is 7.13. The number of phenols is 2. The molecule has 4 rings (SSSR count). The standard InChI is InChI=1S/C22H21N3O3/c1-13(2)20-21-24-18(11-14-3-7-16(26)8-4-14)22(28)25(21)12-19(23-20)15-5-9-17(27)10-6-15/h3-10,12-13,26-28H,11H2,1-2H3. The molecule has 0 atom stereocenters. The van der Waals surface area contributed by atoms with E-state index in [9.17, 15) is 15.3 Å². The van der Waals surface area contributed by atoms with E-state index < -0.39 is 0 Å². The highest BCUT2D eigenvalue weighted by molar-refractivity contribution is 5.63. The summed E-state index contributed by atoms with van der Waals surface area (Å²) in [6.07, 6.45) is 2.20. The Morgan fingerprint density at radius 2 is 1.46 bits per heavy atom. The number of aromatic hydroxyl groups is 3. The van der Waals surface area contributed by atoms with Crippen LogP contribution in [0.1, 0.15) is 36.7 Å². The van der Waals surface area contributed by atoms with Crippen molar-refractivity contribution in [2.75, 3.05) is 0 Å². The van der Waals surface area contributed by atoms with Crippen molar-refractivity contribution < 1.29 is 15.3 Å². The molecule has 0 unspecified atom stereocenters. The first-order valence-electron chi connectivity index (χ1n) is 9.10. The Hall–Kier alpha value is -3.54. The molecule has 0 spiro atoms. The van der Waals surface area contributed by atoms with Crippen molar-refractivity contribution in [3.05, 3.63) is 71.7 Å². The maximum absolute atomic E-state index is 10.8. The summed E-state index contributed by atoms with van der Waals surface area (Å²) in [7, 11) is 0. The molecule has 2 aromatic heterocycles. The van der Waals surface area contributed by atoms with E-state index >= 15 is 0 Å². The molecule has 0 radical (unpaired) electrons. The third-order valence-corrected chi connectivity index (χ3v) is 4.69. The van der Waals surface area contributed by atoms with Gasteiger partial charge in [-0.3, -0.25) is 4.40 Å². The van der Waals surface area contributed by atoms with Crippen LogP contribution in [0.3, 0.4) is 0 Å². The summed E-state index contributed by atoms with van der Waals surface area (Å²) < 4.78 is 1.67. The largest absolute Gasteiger partial charge is 0.508 e. The van der Waals surface area contributed by atoms with Crippen LogP contribution in [0.5, 0.6) is 17.4 Å². The molecule has 0 aliphatic carbocycles. The van der Waals surface area contributed by atoms with E-state index in [1.54, 1.807) is 47.0 Å². The second kappa shape index (κ2) is 6.88. The maximum atomic E-state index is 10.8. The number of phenolic OH excluding ortho intramolecular Hbond substituents is 2. The minimum Gasteiger partial charge on any atom is -0.508 e. The molecule has 6 nitrogen and oxygen atoms in total. The van der Waals surface area contributed by atoms with Gasteiger partial charge in [0.15, 0.2) is 5.65 Å². The normalized spacial score (nSPS) is 11.4. The van der Waals surface area contributed by atoms with Crippen molar-refractivity contribution in [3.8, 4) is 28.6 Å². The van der Waals surface area contributed by atoms with Crippen LogP contribution in [0.15, 0.2) is 54.7 Å². The van der Waals surface area contributed by atoms with Crippen molar-refractivity contribution in [1.82, 2.24) is 14.4 Å². The van der Waals surface area contributed by atoms with E-state index in [2.05, 4.69) is 4.98 Å². The number of hydrogen-bond acceptors (Lipinski definition) is 5. The van der Waals surface area contributed by atoms with Gasteiger partial charge in [0.25, 0.3) is 0 Å². The lowest BCUT2D eigenvalue weighted by Gasteiger charge is -2.10. The van der Waals surface area contributed by atoms with Crippen molar-refractivity contribution in [3.63, 3.8) is 0 Å². The number of nitrogens with zero attached hydrogens (tertiary/aromatic N) is 3. The predicted molar refractivity (Wildman–Crippen MR) is 107 cm³/mol. The molecule has 0 saturated heterocycles. The van der Waals surface area contributed by atoms with E-state index in [1.165, 1.54) is 0 Å². The van der Waals surface area contributed by atoms with Crippen LogP contribution in [-0.4, -0.2) is 29.7 Å². The topological polar surface area (TPSA) is 90.9 Å². The van der Waals surface area contributed by atoms with Gasteiger partial charge in [-0.15, -0.1) is 0 Å². The van der Waals surface area contributed by atoms with E-state index in [0.29, 0.717) is 23.5 Å². The predicted octanol–water partition coefficient (Wildman–Crippen LogP) is 4.23. The minimum absolute atomic E-state index is 0.0763. The van der Waals surface area contributed by atoms with E-state index in [4.69, 9.17) is 4.98 Å².